The number of amides is 1. The summed E-state index contributed by atoms with van der Waals surface area (Å²) in [5, 5.41) is 22.6. The molecule has 184 valence electrons. The fraction of sp³-hybridized carbons (Fsp3) is 0.154. The molecule has 0 radical (unpaired) electrons. The van der Waals surface area contributed by atoms with Crippen LogP contribution in [0.4, 0.5) is 0 Å². The molecule has 4 aromatic rings. The molecule has 0 aliphatic carbocycles. The number of ether oxygens (including phenoxy) is 1. The summed E-state index contributed by atoms with van der Waals surface area (Å²) in [5.41, 5.74) is 5.92. The molecule has 0 saturated heterocycles. The highest BCUT2D eigenvalue weighted by atomic mass is 35.5. The van der Waals surface area contributed by atoms with E-state index in [0.29, 0.717) is 22.3 Å². The number of thioether (sulfide) groups is 1. The molecule has 0 unspecified atom stereocenters. The molecule has 0 spiro atoms. The van der Waals surface area contributed by atoms with Crippen LogP contribution < -0.4 is 14.7 Å². The van der Waals surface area contributed by atoms with Crippen LogP contribution in [0.5, 0.6) is 11.5 Å². The fourth-order valence-corrected chi connectivity index (χ4v) is 4.35. The van der Waals surface area contributed by atoms with Crippen molar-refractivity contribution in [1.29, 1.82) is 0 Å². The van der Waals surface area contributed by atoms with Crippen molar-refractivity contribution >= 4 is 35.0 Å². The zero-order valence-corrected chi connectivity index (χ0v) is 21.3. The maximum atomic E-state index is 12.6. The lowest BCUT2D eigenvalue weighted by Gasteiger charge is -2.06. The van der Waals surface area contributed by atoms with Crippen molar-refractivity contribution in [2.75, 3.05) is 12.9 Å². The highest BCUT2D eigenvalue weighted by Crippen LogP contribution is 2.23. The van der Waals surface area contributed by atoms with Crippen LogP contribution in [0.15, 0.2) is 83.1 Å². The number of benzene rings is 3. The summed E-state index contributed by atoms with van der Waals surface area (Å²) in [7, 11) is 1.62. The normalized spacial score (nSPS) is 11.4. The molecule has 0 fully saturated rings. The second-order valence-electron chi connectivity index (χ2n) is 7.68. The van der Waals surface area contributed by atoms with Crippen LogP contribution in [0.25, 0.3) is 17.1 Å². The second kappa shape index (κ2) is 11.7. The van der Waals surface area contributed by atoms with Crippen molar-refractivity contribution in [2.45, 2.75) is 18.5 Å². The number of phenolic OH excluding ortho intramolecular Hbond substituents is 1. The number of methoxy groups -OCH3 is 1. The average Bonchev–Trinajstić information content (AvgIpc) is 3.33. The molecule has 0 atom stereocenters. The molecular formula is C26H25ClN5O3S+. The van der Waals surface area contributed by atoms with Crippen molar-refractivity contribution in [3.63, 3.8) is 0 Å². The summed E-state index contributed by atoms with van der Waals surface area (Å²) in [4.78, 5) is 12.6. The van der Waals surface area contributed by atoms with Crippen LogP contribution in [0.3, 0.4) is 0 Å². The van der Waals surface area contributed by atoms with E-state index in [2.05, 4.69) is 20.7 Å². The third-order valence-corrected chi connectivity index (χ3v) is 6.49. The van der Waals surface area contributed by atoms with E-state index in [0.717, 1.165) is 28.4 Å². The predicted molar refractivity (Wildman–Crippen MR) is 141 cm³/mol. The Bertz CT molecular complexity index is 1350. The molecule has 10 heteroatoms. The number of rotatable bonds is 9. The van der Waals surface area contributed by atoms with E-state index in [-0.39, 0.29) is 17.4 Å². The van der Waals surface area contributed by atoms with Crippen molar-refractivity contribution in [3.05, 3.63) is 83.4 Å². The van der Waals surface area contributed by atoms with Crippen LogP contribution in [0, 0.1) is 0 Å². The summed E-state index contributed by atoms with van der Waals surface area (Å²) in [5.74, 6) is 1.53. The lowest BCUT2D eigenvalue weighted by atomic mass is 10.1. The average molecular weight is 523 g/mol. The number of H-pyrrole nitrogens is 1. The third kappa shape index (κ3) is 6.05. The van der Waals surface area contributed by atoms with Gasteiger partial charge in [0.05, 0.1) is 29.2 Å². The van der Waals surface area contributed by atoms with Gasteiger partial charge in [0.15, 0.2) is 0 Å². The maximum Gasteiger partial charge on any atom is 0.342 e. The number of carbonyl (C=O) groups is 1. The highest BCUT2D eigenvalue weighted by Gasteiger charge is 2.24. The van der Waals surface area contributed by atoms with Crippen LogP contribution in [0.2, 0.25) is 5.02 Å². The Labute approximate surface area is 218 Å². The van der Waals surface area contributed by atoms with Gasteiger partial charge in [-0.3, -0.25) is 4.79 Å². The van der Waals surface area contributed by atoms with Crippen LogP contribution in [-0.2, 0) is 4.79 Å². The zero-order valence-electron chi connectivity index (χ0n) is 19.7. The fourth-order valence-electron chi connectivity index (χ4n) is 3.46. The van der Waals surface area contributed by atoms with Crippen LogP contribution in [-0.4, -0.2) is 39.8 Å². The Morgan fingerprint density at radius 2 is 1.81 bits per heavy atom. The van der Waals surface area contributed by atoms with Crippen molar-refractivity contribution < 1.29 is 19.2 Å². The summed E-state index contributed by atoms with van der Waals surface area (Å²) in [6.07, 6.45) is 0.624. The Balaban J connectivity index is 1.54. The van der Waals surface area contributed by atoms with Crippen molar-refractivity contribution in [1.82, 2.24) is 15.6 Å². The summed E-state index contributed by atoms with van der Waals surface area (Å²) >= 11 is 7.38. The molecule has 0 aliphatic heterocycles. The van der Waals surface area contributed by atoms with E-state index in [1.807, 2.05) is 47.9 Å². The van der Waals surface area contributed by atoms with Gasteiger partial charge in [-0.1, -0.05) is 18.5 Å². The van der Waals surface area contributed by atoms with Gasteiger partial charge in [0.1, 0.15) is 17.2 Å². The van der Waals surface area contributed by atoms with Crippen molar-refractivity contribution in [2.24, 2.45) is 5.10 Å². The third-order valence-electron chi connectivity index (χ3n) is 5.30. The van der Waals surface area contributed by atoms with Gasteiger partial charge < -0.3 is 9.84 Å². The topological polar surface area (TPSA) is 103 Å². The lowest BCUT2D eigenvalue weighted by Crippen LogP contribution is -2.34. The lowest BCUT2D eigenvalue weighted by molar-refractivity contribution is -0.625. The maximum absolute atomic E-state index is 12.6. The number of aromatic hydroxyl groups is 1. The minimum absolute atomic E-state index is 0.108. The first kappa shape index (κ1) is 25.3. The molecule has 3 aromatic carbocycles. The first-order valence-corrected chi connectivity index (χ1v) is 12.5. The number of hydrogen-bond acceptors (Lipinski definition) is 6. The van der Waals surface area contributed by atoms with Crippen LogP contribution in [0.1, 0.15) is 18.9 Å². The Hall–Kier alpha value is -3.82. The van der Waals surface area contributed by atoms with Gasteiger partial charge in [0.25, 0.3) is 11.7 Å². The number of hydrogen-bond donors (Lipinski definition) is 3. The number of nitrogens with zero attached hydrogens (tertiary/aromatic N) is 3. The summed E-state index contributed by atoms with van der Waals surface area (Å²) < 4.78 is 7.20. The van der Waals surface area contributed by atoms with Gasteiger partial charge in [0.2, 0.25) is 0 Å². The van der Waals surface area contributed by atoms with E-state index in [1.165, 1.54) is 11.8 Å². The number of hydrazone groups is 1. The Morgan fingerprint density at radius 3 is 2.44 bits per heavy atom. The number of phenols is 1. The SMILES string of the molecule is CC/C(=N/NC(=O)CSc1n[nH]c(-c2ccc(OC)cc2)[n+]1-c1ccc(Cl)cc1)c1ccc(O)cc1. The quantitative estimate of drug-likeness (QED) is 0.127. The minimum atomic E-state index is -0.263. The number of nitrogens with one attached hydrogen (secondary N) is 2. The second-order valence-corrected chi connectivity index (χ2v) is 9.06. The van der Waals surface area contributed by atoms with Gasteiger partial charge in [0, 0.05) is 5.02 Å². The van der Waals surface area contributed by atoms with Gasteiger partial charge in [-0.15, -0.1) is 5.10 Å². The van der Waals surface area contributed by atoms with Crippen LogP contribution >= 0.6 is 23.4 Å². The van der Waals surface area contributed by atoms with Gasteiger partial charge in [-0.25, -0.2) is 5.43 Å². The van der Waals surface area contributed by atoms with E-state index >= 15 is 0 Å². The molecule has 3 N–H and O–H groups in total. The number of carbonyl (C=O) groups excluding carboxylic acids is 1. The molecular weight excluding hydrogens is 498 g/mol. The standard InChI is InChI=1S/C26H24ClN5O3S/c1-3-23(17-4-12-21(33)13-5-17)28-29-24(34)16-36-26-31-30-25(18-6-14-22(35-2)15-7-18)32(26)20-10-8-19(27)9-11-20/h4-15H,3,16H2,1-2H3,(H2,28,29,33,34)/p+1. The van der Waals surface area contributed by atoms with Gasteiger partial charge >= 0.3 is 5.16 Å². The highest BCUT2D eigenvalue weighted by molar-refractivity contribution is 7.99. The molecule has 36 heavy (non-hydrogen) atoms. The van der Waals surface area contributed by atoms with E-state index in [1.54, 1.807) is 43.5 Å². The molecule has 4 rings (SSSR count). The van der Waals surface area contributed by atoms with Gasteiger partial charge in [-0.05, 0) is 96.5 Å². The number of halogens is 1. The molecule has 1 aromatic heterocycles. The molecule has 0 saturated carbocycles. The molecule has 1 amide bonds. The summed E-state index contributed by atoms with van der Waals surface area (Å²) in [6.45, 7) is 1.95. The van der Waals surface area contributed by atoms with E-state index < -0.39 is 0 Å². The van der Waals surface area contributed by atoms with E-state index in [9.17, 15) is 9.90 Å². The largest absolute Gasteiger partial charge is 0.508 e. The number of aromatic nitrogens is 3. The Kier molecular flexibility index (Phi) is 8.24. The first-order chi connectivity index (χ1) is 17.5. The molecule has 8 nitrogen and oxygen atoms in total. The van der Waals surface area contributed by atoms with E-state index in [4.69, 9.17) is 16.3 Å². The monoisotopic (exact) mass is 522 g/mol. The van der Waals surface area contributed by atoms with Gasteiger partial charge in [-0.2, -0.15) is 9.67 Å². The molecule has 0 aliphatic rings. The zero-order chi connectivity index (χ0) is 25.5. The number of aromatic amines is 1. The summed E-state index contributed by atoms with van der Waals surface area (Å²) in [6, 6.07) is 21.7. The smallest absolute Gasteiger partial charge is 0.342 e. The first-order valence-electron chi connectivity index (χ1n) is 11.2. The molecule has 0 bridgehead atoms. The molecule has 1 heterocycles. The van der Waals surface area contributed by atoms with Crippen molar-refractivity contribution in [3.8, 4) is 28.6 Å². The predicted octanol–water partition coefficient (Wildman–Crippen LogP) is 4.74. The Morgan fingerprint density at radius 1 is 1.11 bits per heavy atom. The minimum Gasteiger partial charge on any atom is -0.508 e.